The maximum atomic E-state index is 10.4. The normalized spacial score (nSPS) is 11.9. The fraction of sp³-hybridized carbons (Fsp3) is 0.545. The summed E-state index contributed by atoms with van der Waals surface area (Å²) in [4.78, 5) is 20.7. The summed E-state index contributed by atoms with van der Waals surface area (Å²) in [5.41, 5.74) is 6.24. The van der Waals surface area contributed by atoms with E-state index >= 15 is 0 Å². The van der Waals surface area contributed by atoms with E-state index in [4.69, 9.17) is 22.4 Å². The molecule has 0 aliphatic rings. The molecule has 0 saturated heterocycles. The van der Waals surface area contributed by atoms with Crippen molar-refractivity contribution >= 4 is 40.7 Å². The summed E-state index contributed by atoms with van der Waals surface area (Å²) in [5.74, 6) is -1.78. The van der Waals surface area contributed by atoms with Gasteiger partial charge in [0.2, 0.25) is 5.11 Å². The average molecular weight is 302 g/mol. The largest absolute Gasteiger partial charge is 0.481 e. The number of thiocarbonyl (C=S) groups is 1. The minimum atomic E-state index is -0.890. The molecule has 0 heterocycles. The Hall–Kier alpha value is -2.03. The quantitative estimate of drug-likeness (QED) is 0.299. The number of rotatable bonds is 8. The second-order valence-electron chi connectivity index (χ2n) is 4.03. The molecule has 0 aromatic rings. The molecule has 0 bridgehead atoms. The second-order valence-corrected chi connectivity index (χ2v) is 4.44. The summed E-state index contributed by atoms with van der Waals surface area (Å²) in [6.07, 6.45) is 0.658. The number of carbonyl (C=O) groups is 2. The van der Waals surface area contributed by atoms with Crippen molar-refractivity contribution in [3.05, 3.63) is 0 Å². The van der Waals surface area contributed by atoms with Crippen molar-refractivity contribution in [2.45, 2.75) is 39.5 Å². The summed E-state index contributed by atoms with van der Waals surface area (Å²) in [6.45, 7) is 3.36. The molecule has 0 rings (SSSR count). The number of hydrogen-bond donors (Lipinski definition) is 4. The van der Waals surface area contributed by atoms with E-state index in [0.29, 0.717) is 24.3 Å². The average Bonchev–Trinajstić information content (AvgIpc) is 2.37. The molecule has 20 heavy (non-hydrogen) atoms. The maximum absolute atomic E-state index is 10.4. The Labute approximate surface area is 121 Å². The molecule has 4 N–H and O–H groups in total. The van der Waals surface area contributed by atoms with Gasteiger partial charge in [-0.2, -0.15) is 10.2 Å². The molecule has 0 fully saturated rings. The molecule has 9 heteroatoms. The van der Waals surface area contributed by atoms with Crippen LogP contribution in [0.25, 0.3) is 0 Å². The van der Waals surface area contributed by atoms with E-state index < -0.39 is 11.9 Å². The molecule has 8 nitrogen and oxygen atoms in total. The van der Waals surface area contributed by atoms with Gasteiger partial charge in [0.15, 0.2) is 0 Å². The third kappa shape index (κ3) is 11.1. The van der Waals surface area contributed by atoms with Crippen LogP contribution in [0.3, 0.4) is 0 Å². The zero-order chi connectivity index (χ0) is 15.5. The lowest BCUT2D eigenvalue weighted by Crippen LogP contribution is -2.29. The van der Waals surface area contributed by atoms with E-state index in [1.54, 1.807) is 13.8 Å². The molecule has 0 saturated carbocycles. The molecular formula is C11H18N4O4S. The van der Waals surface area contributed by atoms with Crippen LogP contribution in [0.15, 0.2) is 10.2 Å². The van der Waals surface area contributed by atoms with Gasteiger partial charge in [-0.25, -0.2) is 0 Å². The Bertz CT molecular complexity index is 396. The lowest BCUT2D eigenvalue weighted by atomic mass is 10.2. The van der Waals surface area contributed by atoms with Gasteiger partial charge in [0.1, 0.15) is 0 Å². The zero-order valence-corrected chi connectivity index (χ0v) is 12.2. The van der Waals surface area contributed by atoms with Gasteiger partial charge in [-0.1, -0.05) is 0 Å². The van der Waals surface area contributed by atoms with Crippen molar-refractivity contribution in [1.82, 2.24) is 10.9 Å². The minimum Gasteiger partial charge on any atom is -0.481 e. The molecule has 0 aliphatic carbocycles. The van der Waals surface area contributed by atoms with Crippen molar-refractivity contribution in [3.8, 4) is 0 Å². The first-order chi connectivity index (χ1) is 9.31. The van der Waals surface area contributed by atoms with Crippen LogP contribution in [0.2, 0.25) is 0 Å². The zero-order valence-electron chi connectivity index (χ0n) is 11.3. The summed E-state index contributed by atoms with van der Waals surface area (Å²) >= 11 is 4.89. The van der Waals surface area contributed by atoms with Crippen molar-refractivity contribution in [2.24, 2.45) is 10.2 Å². The number of nitrogens with one attached hydrogen (secondary N) is 2. The van der Waals surface area contributed by atoms with E-state index in [2.05, 4.69) is 21.1 Å². The predicted molar refractivity (Wildman–Crippen MR) is 78.8 cm³/mol. The number of nitrogens with zero attached hydrogens (tertiary/aromatic N) is 2. The van der Waals surface area contributed by atoms with E-state index in [1.165, 1.54) is 0 Å². The molecular weight excluding hydrogens is 284 g/mol. The summed E-state index contributed by atoms with van der Waals surface area (Å²) < 4.78 is 0. The van der Waals surface area contributed by atoms with Crippen molar-refractivity contribution in [1.29, 1.82) is 0 Å². The molecule has 0 amide bonds. The molecule has 0 aliphatic heterocycles. The van der Waals surface area contributed by atoms with Crippen LogP contribution < -0.4 is 10.9 Å². The fourth-order valence-corrected chi connectivity index (χ4v) is 1.10. The maximum Gasteiger partial charge on any atom is 0.303 e. The van der Waals surface area contributed by atoms with Gasteiger partial charge in [-0.05, 0) is 38.9 Å². The van der Waals surface area contributed by atoms with Crippen LogP contribution in [0, 0.1) is 0 Å². The van der Waals surface area contributed by atoms with Gasteiger partial charge < -0.3 is 10.2 Å². The Morgan fingerprint density at radius 1 is 0.900 bits per heavy atom. The number of carboxylic acid groups (broad SMARTS) is 2. The summed E-state index contributed by atoms with van der Waals surface area (Å²) in [6, 6.07) is 0. The Kier molecular flexibility index (Phi) is 8.84. The minimum absolute atomic E-state index is 0.00362. The highest BCUT2D eigenvalue weighted by Gasteiger charge is 2.01. The predicted octanol–water partition coefficient (Wildman–Crippen LogP) is 0.932. The lowest BCUT2D eigenvalue weighted by Gasteiger charge is -2.04. The number of carboxylic acids is 2. The summed E-state index contributed by atoms with van der Waals surface area (Å²) in [7, 11) is 0. The molecule has 0 unspecified atom stereocenters. The fourth-order valence-electron chi connectivity index (χ4n) is 1.00. The van der Waals surface area contributed by atoms with Gasteiger partial charge in [0.25, 0.3) is 0 Å². The highest BCUT2D eigenvalue weighted by atomic mass is 32.1. The standard InChI is InChI=1S/C11H18N4O4S/c1-7(3-5-9(16)17)12-14-11(20)15-13-8(2)4-6-10(18)19/h3-6H2,1-2H3,(H,16,17)(H,18,19)(H2,14,15,20)/b12-7-,13-8+. The van der Waals surface area contributed by atoms with Crippen LogP contribution in [0.1, 0.15) is 39.5 Å². The first kappa shape index (κ1) is 18.0. The van der Waals surface area contributed by atoms with Gasteiger partial charge in [-0.3, -0.25) is 20.4 Å². The summed E-state index contributed by atoms with van der Waals surface area (Å²) in [5, 5.41) is 24.9. The second kappa shape index (κ2) is 9.84. The first-order valence-corrected chi connectivity index (χ1v) is 6.28. The number of hydrogen-bond acceptors (Lipinski definition) is 5. The molecule has 0 radical (unpaired) electrons. The molecule has 0 atom stereocenters. The number of aliphatic carboxylic acids is 2. The van der Waals surface area contributed by atoms with Crippen LogP contribution >= 0.6 is 12.2 Å². The van der Waals surface area contributed by atoms with Crippen molar-refractivity contribution in [3.63, 3.8) is 0 Å². The van der Waals surface area contributed by atoms with Gasteiger partial charge in [-0.15, -0.1) is 0 Å². The van der Waals surface area contributed by atoms with Gasteiger partial charge in [0.05, 0.1) is 12.8 Å². The molecule has 0 spiro atoms. The topological polar surface area (TPSA) is 123 Å². The lowest BCUT2D eigenvalue weighted by molar-refractivity contribution is -0.137. The monoisotopic (exact) mass is 302 g/mol. The van der Waals surface area contributed by atoms with Gasteiger partial charge >= 0.3 is 11.9 Å². The molecule has 0 aromatic carbocycles. The highest BCUT2D eigenvalue weighted by molar-refractivity contribution is 7.80. The Balaban J connectivity index is 4.04. The van der Waals surface area contributed by atoms with Crippen molar-refractivity contribution in [2.75, 3.05) is 0 Å². The Morgan fingerprint density at radius 2 is 1.25 bits per heavy atom. The number of hydrazone groups is 2. The third-order valence-corrected chi connectivity index (χ3v) is 2.28. The van der Waals surface area contributed by atoms with Gasteiger partial charge in [0, 0.05) is 11.4 Å². The van der Waals surface area contributed by atoms with Crippen molar-refractivity contribution < 1.29 is 19.8 Å². The van der Waals surface area contributed by atoms with Crippen LogP contribution in [-0.2, 0) is 9.59 Å². The van der Waals surface area contributed by atoms with E-state index in [9.17, 15) is 9.59 Å². The third-order valence-electron chi connectivity index (χ3n) is 2.10. The van der Waals surface area contributed by atoms with Crippen LogP contribution in [0.5, 0.6) is 0 Å². The first-order valence-electron chi connectivity index (χ1n) is 5.87. The van der Waals surface area contributed by atoms with E-state index in [0.717, 1.165) is 0 Å². The van der Waals surface area contributed by atoms with E-state index in [1.807, 2.05) is 0 Å². The highest BCUT2D eigenvalue weighted by Crippen LogP contribution is 1.93. The Morgan fingerprint density at radius 3 is 1.55 bits per heavy atom. The molecule has 0 aromatic heterocycles. The molecule has 112 valence electrons. The smallest absolute Gasteiger partial charge is 0.303 e. The SMILES string of the molecule is C/C(CCC(=O)O)=N/NC(=S)N/N=C(\C)CCC(=O)O. The van der Waals surface area contributed by atoms with Crippen LogP contribution in [-0.4, -0.2) is 38.7 Å². The van der Waals surface area contributed by atoms with E-state index in [-0.39, 0.29) is 18.0 Å². The van der Waals surface area contributed by atoms with Crippen LogP contribution in [0.4, 0.5) is 0 Å².